The minimum Gasteiger partial charge on any atom is -0.343 e. The van der Waals surface area contributed by atoms with Crippen molar-refractivity contribution in [1.29, 1.82) is 0 Å². The lowest BCUT2D eigenvalue weighted by atomic mass is 10.1. The Morgan fingerprint density at radius 2 is 1.95 bits per heavy atom. The van der Waals surface area contributed by atoms with E-state index < -0.39 is 9.05 Å². The van der Waals surface area contributed by atoms with Crippen LogP contribution in [-0.2, 0) is 15.6 Å². The Labute approximate surface area is 118 Å². The van der Waals surface area contributed by atoms with Gasteiger partial charge < -0.3 is 4.57 Å². The van der Waals surface area contributed by atoms with E-state index in [4.69, 9.17) is 10.7 Å². The summed E-state index contributed by atoms with van der Waals surface area (Å²) in [6.07, 6.45) is 1.05. The highest BCUT2D eigenvalue weighted by atomic mass is 35.7. The second-order valence-corrected chi connectivity index (χ2v) is 7.50. The van der Waals surface area contributed by atoms with Crippen LogP contribution in [0.15, 0.2) is 29.2 Å². The molecule has 3 nitrogen and oxygen atoms in total. The topological polar surface area (TPSA) is 39.1 Å². The maximum atomic E-state index is 11.8. The van der Waals surface area contributed by atoms with E-state index in [-0.39, 0.29) is 4.90 Å². The molecule has 2 aromatic rings. The molecule has 2 rings (SSSR count). The normalized spacial score (nSPS) is 13.9. The summed E-state index contributed by atoms with van der Waals surface area (Å²) in [5.74, 6) is 0.486. The third-order valence-electron chi connectivity index (χ3n) is 3.61. The number of hydrogen-bond donors (Lipinski definition) is 0. The van der Waals surface area contributed by atoms with Gasteiger partial charge in [0.05, 0.1) is 0 Å². The summed E-state index contributed by atoms with van der Waals surface area (Å²) in [6, 6.07) is 7.50. The number of rotatable bonds is 4. The molecule has 0 bridgehead atoms. The molecule has 5 heteroatoms. The molecular formula is C14H18ClNO2S. The van der Waals surface area contributed by atoms with Gasteiger partial charge in [0.25, 0.3) is 9.05 Å². The number of benzene rings is 1. The summed E-state index contributed by atoms with van der Waals surface area (Å²) < 4.78 is 25.6. The lowest BCUT2D eigenvalue weighted by molar-refractivity contribution is 0.470. The highest BCUT2D eigenvalue weighted by Crippen LogP contribution is 2.32. The second kappa shape index (κ2) is 5.17. The van der Waals surface area contributed by atoms with Gasteiger partial charge in [0.2, 0.25) is 0 Å². The number of para-hydroxylation sites is 1. The average Bonchev–Trinajstić information content (AvgIpc) is 2.62. The Morgan fingerprint density at radius 1 is 1.32 bits per heavy atom. The van der Waals surface area contributed by atoms with Gasteiger partial charge in [0.15, 0.2) is 0 Å². The highest BCUT2D eigenvalue weighted by molar-refractivity contribution is 8.14. The fraction of sp³-hybridized carbons (Fsp3) is 0.429. The zero-order valence-corrected chi connectivity index (χ0v) is 12.9. The van der Waals surface area contributed by atoms with Crippen molar-refractivity contribution in [3.8, 4) is 0 Å². The Kier molecular flexibility index (Phi) is 3.92. The molecule has 0 aliphatic heterocycles. The SMILES string of the molecule is CCC(C)Cn1c(C)c(S(=O)(=O)Cl)c2ccccc21. The molecule has 0 saturated carbocycles. The van der Waals surface area contributed by atoms with Crippen molar-refractivity contribution >= 4 is 30.6 Å². The second-order valence-electron chi connectivity index (χ2n) is 4.99. The molecule has 0 saturated heterocycles. The molecule has 19 heavy (non-hydrogen) atoms. The van der Waals surface area contributed by atoms with E-state index in [0.29, 0.717) is 11.3 Å². The number of halogens is 1. The molecule has 0 aliphatic carbocycles. The molecule has 0 fully saturated rings. The Morgan fingerprint density at radius 3 is 2.53 bits per heavy atom. The van der Waals surface area contributed by atoms with Crippen LogP contribution in [0.25, 0.3) is 10.9 Å². The monoisotopic (exact) mass is 299 g/mol. The summed E-state index contributed by atoms with van der Waals surface area (Å²) in [5, 5.41) is 0.707. The zero-order valence-electron chi connectivity index (χ0n) is 11.4. The molecule has 0 N–H and O–H groups in total. The Hall–Kier alpha value is -1.00. The summed E-state index contributed by atoms with van der Waals surface area (Å²) in [6.45, 7) is 6.90. The van der Waals surface area contributed by atoms with Crippen LogP contribution in [0.5, 0.6) is 0 Å². The van der Waals surface area contributed by atoms with E-state index in [2.05, 4.69) is 18.4 Å². The van der Waals surface area contributed by atoms with Crippen molar-refractivity contribution in [1.82, 2.24) is 4.57 Å². The first kappa shape index (κ1) is 14.4. The first-order valence-corrected chi connectivity index (χ1v) is 8.69. The van der Waals surface area contributed by atoms with Crippen molar-refractivity contribution in [2.24, 2.45) is 5.92 Å². The molecule has 0 radical (unpaired) electrons. The summed E-state index contributed by atoms with van der Waals surface area (Å²) in [7, 11) is 1.86. The van der Waals surface area contributed by atoms with Crippen molar-refractivity contribution in [3.63, 3.8) is 0 Å². The number of hydrogen-bond acceptors (Lipinski definition) is 2. The van der Waals surface area contributed by atoms with Gasteiger partial charge in [0, 0.05) is 33.8 Å². The third kappa shape index (κ3) is 2.65. The van der Waals surface area contributed by atoms with Gasteiger partial charge in [0.1, 0.15) is 4.90 Å². The largest absolute Gasteiger partial charge is 0.343 e. The lowest BCUT2D eigenvalue weighted by Gasteiger charge is -2.13. The van der Waals surface area contributed by atoms with Crippen molar-refractivity contribution < 1.29 is 8.42 Å². The van der Waals surface area contributed by atoms with Crippen LogP contribution in [-0.4, -0.2) is 13.0 Å². The molecule has 1 unspecified atom stereocenters. The molecular weight excluding hydrogens is 282 g/mol. The maximum absolute atomic E-state index is 11.8. The van der Waals surface area contributed by atoms with E-state index in [1.54, 1.807) is 0 Å². The first-order chi connectivity index (χ1) is 8.86. The third-order valence-corrected chi connectivity index (χ3v) is 5.07. The highest BCUT2D eigenvalue weighted by Gasteiger charge is 2.23. The summed E-state index contributed by atoms with van der Waals surface area (Å²) in [5.41, 5.74) is 1.65. The van der Waals surface area contributed by atoms with E-state index >= 15 is 0 Å². The van der Waals surface area contributed by atoms with Crippen LogP contribution in [0.3, 0.4) is 0 Å². The lowest BCUT2D eigenvalue weighted by Crippen LogP contribution is -2.08. The zero-order chi connectivity index (χ0) is 14.2. The number of aromatic nitrogens is 1. The fourth-order valence-corrected chi connectivity index (χ4v) is 3.87. The molecule has 1 heterocycles. The maximum Gasteiger partial charge on any atom is 0.263 e. The van der Waals surface area contributed by atoms with Gasteiger partial charge in [-0.3, -0.25) is 0 Å². The average molecular weight is 300 g/mol. The number of fused-ring (bicyclic) bond motifs is 1. The predicted octanol–water partition coefficient (Wildman–Crippen LogP) is 3.92. The van der Waals surface area contributed by atoms with Gasteiger partial charge in [-0.25, -0.2) is 8.42 Å². The predicted molar refractivity (Wildman–Crippen MR) is 79.2 cm³/mol. The minimum atomic E-state index is -3.73. The van der Waals surface area contributed by atoms with E-state index in [1.165, 1.54) is 0 Å². The Bertz CT molecular complexity index is 704. The van der Waals surface area contributed by atoms with Crippen molar-refractivity contribution in [2.75, 3.05) is 0 Å². The molecule has 0 spiro atoms. The molecule has 1 aromatic carbocycles. The van der Waals surface area contributed by atoms with Crippen LogP contribution in [0.2, 0.25) is 0 Å². The Balaban J connectivity index is 2.75. The summed E-state index contributed by atoms with van der Waals surface area (Å²) >= 11 is 0. The van der Waals surface area contributed by atoms with Gasteiger partial charge >= 0.3 is 0 Å². The van der Waals surface area contributed by atoms with E-state index in [0.717, 1.165) is 24.2 Å². The van der Waals surface area contributed by atoms with Gasteiger partial charge in [-0.15, -0.1) is 0 Å². The van der Waals surface area contributed by atoms with Crippen molar-refractivity contribution in [3.05, 3.63) is 30.0 Å². The van der Waals surface area contributed by atoms with E-state index in [9.17, 15) is 8.42 Å². The van der Waals surface area contributed by atoms with Crippen LogP contribution < -0.4 is 0 Å². The smallest absolute Gasteiger partial charge is 0.263 e. The quantitative estimate of drug-likeness (QED) is 0.803. The summed E-state index contributed by atoms with van der Waals surface area (Å²) in [4.78, 5) is 0.244. The van der Waals surface area contributed by atoms with Crippen LogP contribution in [0.1, 0.15) is 26.0 Å². The molecule has 1 aromatic heterocycles. The standard InChI is InChI=1S/C14H18ClNO2S/c1-4-10(2)9-16-11(3)14(19(15,17)18)12-7-5-6-8-13(12)16/h5-8,10H,4,9H2,1-3H3. The molecule has 0 amide bonds. The minimum absolute atomic E-state index is 0.244. The first-order valence-electron chi connectivity index (χ1n) is 6.38. The van der Waals surface area contributed by atoms with Gasteiger partial charge in [-0.05, 0) is 18.9 Å². The fourth-order valence-electron chi connectivity index (χ4n) is 2.38. The molecule has 104 valence electrons. The molecule has 0 aliphatic rings. The number of nitrogens with zero attached hydrogens (tertiary/aromatic N) is 1. The van der Waals surface area contributed by atoms with Crippen LogP contribution >= 0.6 is 10.7 Å². The van der Waals surface area contributed by atoms with Gasteiger partial charge in [-0.1, -0.05) is 38.5 Å². The van der Waals surface area contributed by atoms with Crippen molar-refractivity contribution in [2.45, 2.75) is 38.6 Å². The van der Waals surface area contributed by atoms with Crippen LogP contribution in [0, 0.1) is 12.8 Å². The van der Waals surface area contributed by atoms with Crippen LogP contribution in [0.4, 0.5) is 0 Å². The van der Waals surface area contributed by atoms with E-state index in [1.807, 2.05) is 31.2 Å². The molecule has 1 atom stereocenters. The van der Waals surface area contributed by atoms with Gasteiger partial charge in [-0.2, -0.15) is 0 Å².